The van der Waals surface area contributed by atoms with Crippen molar-refractivity contribution >= 4 is 5.91 Å². The van der Waals surface area contributed by atoms with E-state index in [1.54, 1.807) is 0 Å². The number of hydrogen-bond acceptors (Lipinski definition) is 4. The lowest BCUT2D eigenvalue weighted by atomic mass is 10.0. The maximum Gasteiger partial charge on any atom is 0.220 e. The molecule has 0 fully saturated rings. The Labute approximate surface area is 273 Å². The Morgan fingerprint density at radius 2 is 0.932 bits per heavy atom. The number of amides is 1. The van der Waals surface area contributed by atoms with Gasteiger partial charge in [-0.25, -0.2) is 0 Å². The molecule has 0 aliphatic rings. The highest BCUT2D eigenvalue weighted by atomic mass is 16.3. The van der Waals surface area contributed by atoms with E-state index in [0.717, 1.165) is 51.4 Å². The molecule has 1 amide bonds. The van der Waals surface area contributed by atoms with Gasteiger partial charge >= 0.3 is 0 Å². The van der Waals surface area contributed by atoms with Gasteiger partial charge in [-0.05, 0) is 44.9 Å². The zero-order valence-electron chi connectivity index (χ0n) is 29.3. The second-order valence-corrected chi connectivity index (χ2v) is 13.1. The monoisotopic (exact) mass is 622 g/mol. The number of nitrogens with one attached hydrogen (secondary N) is 1. The van der Waals surface area contributed by atoms with E-state index < -0.39 is 18.2 Å². The first-order chi connectivity index (χ1) is 21.6. The first-order valence-electron chi connectivity index (χ1n) is 19.1. The van der Waals surface area contributed by atoms with Crippen molar-refractivity contribution in [3.05, 3.63) is 24.3 Å². The number of rotatable bonds is 34. The molecular weight excluding hydrogens is 546 g/mol. The summed E-state index contributed by atoms with van der Waals surface area (Å²) in [5.74, 6) is -0.158. The van der Waals surface area contributed by atoms with Gasteiger partial charge in [0.2, 0.25) is 5.91 Å². The topological polar surface area (TPSA) is 89.8 Å². The van der Waals surface area contributed by atoms with Crippen molar-refractivity contribution in [1.82, 2.24) is 5.32 Å². The quantitative estimate of drug-likeness (QED) is 0.0425. The maximum absolute atomic E-state index is 12.4. The van der Waals surface area contributed by atoms with Crippen LogP contribution >= 0.6 is 0 Å². The molecule has 3 atom stereocenters. The number of carbonyl (C=O) groups is 1. The number of hydrogen-bond donors (Lipinski definition) is 4. The molecular formula is C39H75NO4. The third-order valence-electron chi connectivity index (χ3n) is 8.79. The van der Waals surface area contributed by atoms with Gasteiger partial charge in [0.25, 0.3) is 0 Å². The third-order valence-corrected chi connectivity index (χ3v) is 8.79. The van der Waals surface area contributed by atoms with Crippen LogP contribution in [0.1, 0.15) is 194 Å². The van der Waals surface area contributed by atoms with Crippen LogP contribution in [0.3, 0.4) is 0 Å². The molecule has 0 bridgehead atoms. The Morgan fingerprint density at radius 1 is 0.545 bits per heavy atom. The summed E-state index contributed by atoms with van der Waals surface area (Å²) in [4.78, 5) is 12.4. The molecule has 0 aliphatic carbocycles. The van der Waals surface area contributed by atoms with E-state index in [-0.39, 0.29) is 12.5 Å². The SMILES string of the molecule is CCCC/C=C/CC/C=C/CCCC(O)C(O)C(CO)NC(=O)CCCCCCCCCCCCCCCCCCCCC. The molecule has 0 heterocycles. The van der Waals surface area contributed by atoms with Gasteiger partial charge in [-0.1, -0.05) is 167 Å². The van der Waals surface area contributed by atoms with Gasteiger partial charge in [0.05, 0.1) is 18.8 Å². The van der Waals surface area contributed by atoms with Crippen LogP contribution in [0.25, 0.3) is 0 Å². The second kappa shape index (κ2) is 34.7. The molecule has 0 spiro atoms. The largest absolute Gasteiger partial charge is 0.394 e. The molecule has 44 heavy (non-hydrogen) atoms. The summed E-state index contributed by atoms with van der Waals surface area (Å²) in [6.07, 6.45) is 39.9. The van der Waals surface area contributed by atoms with Crippen LogP contribution in [-0.2, 0) is 4.79 Å². The van der Waals surface area contributed by atoms with Gasteiger partial charge in [0, 0.05) is 6.42 Å². The van der Waals surface area contributed by atoms with Gasteiger partial charge in [0.15, 0.2) is 0 Å². The lowest BCUT2D eigenvalue weighted by molar-refractivity contribution is -0.124. The van der Waals surface area contributed by atoms with Gasteiger partial charge in [0.1, 0.15) is 6.10 Å². The van der Waals surface area contributed by atoms with E-state index in [1.807, 2.05) is 0 Å². The fourth-order valence-electron chi connectivity index (χ4n) is 5.75. The minimum absolute atomic E-state index is 0.158. The minimum atomic E-state index is -1.16. The zero-order valence-corrected chi connectivity index (χ0v) is 29.3. The first kappa shape index (κ1) is 42.8. The van der Waals surface area contributed by atoms with Gasteiger partial charge in [-0.3, -0.25) is 4.79 Å². The minimum Gasteiger partial charge on any atom is -0.394 e. The van der Waals surface area contributed by atoms with Crippen LogP contribution in [0.4, 0.5) is 0 Å². The Hall–Kier alpha value is -1.17. The lowest BCUT2D eigenvalue weighted by Crippen LogP contribution is -2.50. The normalized spacial score (nSPS) is 14.0. The highest BCUT2D eigenvalue weighted by Crippen LogP contribution is 2.15. The first-order valence-corrected chi connectivity index (χ1v) is 19.1. The summed E-state index contributed by atoms with van der Waals surface area (Å²) in [5.41, 5.74) is 0. The molecule has 0 saturated carbocycles. The van der Waals surface area contributed by atoms with Crippen LogP contribution in [-0.4, -0.2) is 46.1 Å². The molecule has 3 unspecified atom stereocenters. The molecule has 4 N–H and O–H groups in total. The number of aliphatic hydroxyl groups is 3. The third kappa shape index (κ3) is 29.5. The van der Waals surface area contributed by atoms with E-state index in [0.29, 0.717) is 12.8 Å². The summed E-state index contributed by atoms with van der Waals surface area (Å²) in [7, 11) is 0. The summed E-state index contributed by atoms with van der Waals surface area (Å²) in [6.45, 7) is 4.10. The van der Waals surface area contributed by atoms with Crippen molar-refractivity contribution in [1.29, 1.82) is 0 Å². The van der Waals surface area contributed by atoms with E-state index in [4.69, 9.17) is 0 Å². The molecule has 0 rings (SSSR count). The van der Waals surface area contributed by atoms with Crippen LogP contribution in [0.5, 0.6) is 0 Å². The number of aliphatic hydroxyl groups excluding tert-OH is 3. The average molecular weight is 622 g/mol. The molecule has 0 aliphatic heterocycles. The van der Waals surface area contributed by atoms with E-state index in [1.165, 1.54) is 116 Å². The van der Waals surface area contributed by atoms with Gasteiger partial charge in [-0.15, -0.1) is 0 Å². The molecule has 0 aromatic carbocycles. The molecule has 0 aromatic rings. The highest BCUT2D eigenvalue weighted by Gasteiger charge is 2.26. The average Bonchev–Trinajstić information content (AvgIpc) is 3.03. The van der Waals surface area contributed by atoms with Gasteiger partial charge < -0.3 is 20.6 Å². The predicted octanol–water partition coefficient (Wildman–Crippen LogP) is 10.3. The van der Waals surface area contributed by atoms with Gasteiger partial charge in [-0.2, -0.15) is 0 Å². The Bertz CT molecular complexity index is 650. The molecule has 0 radical (unpaired) electrons. The van der Waals surface area contributed by atoms with Crippen molar-refractivity contribution in [3.63, 3.8) is 0 Å². The van der Waals surface area contributed by atoms with Crippen molar-refractivity contribution in [2.45, 2.75) is 212 Å². The van der Waals surface area contributed by atoms with E-state index in [9.17, 15) is 20.1 Å². The van der Waals surface area contributed by atoms with E-state index in [2.05, 4.69) is 43.5 Å². The summed E-state index contributed by atoms with van der Waals surface area (Å²) in [6, 6.07) is -0.826. The summed E-state index contributed by atoms with van der Waals surface area (Å²) >= 11 is 0. The summed E-state index contributed by atoms with van der Waals surface area (Å²) in [5, 5.41) is 33.3. The standard InChI is InChI=1S/C39H75NO4/c1-3-5-7-9-11-13-15-16-17-18-19-20-21-22-24-26-28-30-32-34-38(43)40-36(35-41)39(44)37(42)33-31-29-27-25-23-14-12-10-8-6-4-2/h10,12,25,27,36-37,39,41-42,44H,3-9,11,13-24,26,28-35H2,1-2H3,(H,40,43)/b12-10+,27-25+. The van der Waals surface area contributed by atoms with Crippen molar-refractivity contribution < 1.29 is 20.1 Å². The Morgan fingerprint density at radius 3 is 1.36 bits per heavy atom. The fourth-order valence-corrected chi connectivity index (χ4v) is 5.75. The van der Waals surface area contributed by atoms with Crippen molar-refractivity contribution in [3.8, 4) is 0 Å². The molecule has 0 aromatic heterocycles. The zero-order chi connectivity index (χ0) is 32.4. The second-order valence-electron chi connectivity index (χ2n) is 13.1. The van der Waals surface area contributed by atoms with Crippen molar-refractivity contribution in [2.24, 2.45) is 0 Å². The predicted molar refractivity (Wildman–Crippen MR) is 190 cm³/mol. The van der Waals surface area contributed by atoms with Crippen LogP contribution < -0.4 is 5.32 Å². The number of unbranched alkanes of at least 4 members (excludes halogenated alkanes) is 22. The Balaban J connectivity index is 3.66. The van der Waals surface area contributed by atoms with Crippen LogP contribution in [0.15, 0.2) is 24.3 Å². The van der Waals surface area contributed by atoms with Crippen LogP contribution in [0, 0.1) is 0 Å². The van der Waals surface area contributed by atoms with Crippen LogP contribution in [0.2, 0.25) is 0 Å². The molecule has 5 heteroatoms. The summed E-state index contributed by atoms with van der Waals surface area (Å²) < 4.78 is 0. The molecule has 260 valence electrons. The fraction of sp³-hybridized carbons (Fsp3) is 0.872. The number of carbonyl (C=O) groups excluding carboxylic acids is 1. The molecule has 0 saturated heterocycles. The van der Waals surface area contributed by atoms with E-state index >= 15 is 0 Å². The Kier molecular flexibility index (Phi) is 33.8. The smallest absolute Gasteiger partial charge is 0.220 e. The highest BCUT2D eigenvalue weighted by molar-refractivity contribution is 5.76. The van der Waals surface area contributed by atoms with Crippen molar-refractivity contribution in [2.75, 3.05) is 6.61 Å². The number of allylic oxidation sites excluding steroid dienone is 4. The maximum atomic E-state index is 12.4. The molecule has 5 nitrogen and oxygen atoms in total. The lowest BCUT2D eigenvalue weighted by Gasteiger charge is -2.26.